The zero-order chi connectivity index (χ0) is 15.4. The summed E-state index contributed by atoms with van der Waals surface area (Å²) in [7, 11) is 1.98. The van der Waals surface area contributed by atoms with Gasteiger partial charge in [-0.25, -0.2) is 9.78 Å². The van der Waals surface area contributed by atoms with Gasteiger partial charge in [0.2, 0.25) is 0 Å². The molecule has 6 nitrogen and oxygen atoms in total. The molecule has 1 heterocycles. The molecule has 0 saturated carbocycles. The number of nitrogens with one attached hydrogen (secondary N) is 2. The predicted molar refractivity (Wildman–Crippen MR) is 82.8 cm³/mol. The molecule has 0 spiro atoms. The first kappa shape index (κ1) is 15.1. The molecule has 2 amide bonds. The number of amides is 2. The molecular formula is C15H21N5O. The standard InChI is InChI=1S/C15H21N5O/c1-10(18-11(2)14-17-8-9-20(14)3)12-4-6-13(7-5-12)19-15(16)21/h4-11,18H,1-3H3,(H3,16,19,21). The van der Waals surface area contributed by atoms with E-state index in [1.54, 1.807) is 6.20 Å². The minimum Gasteiger partial charge on any atom is -0.351 e. The summed E-state index contributed by atoms with van der Waals surface area (Å²) < 4.78 is 2.00. The lowest BCUT2D eigenvalue weighted by molar-refractivity contribution is 0.259. The maximum absolute atomic E-state index is 10.8. The monoisotopic (exact) mass is 287 g/mol. The summed E-state index contributed by atoms with van der Waals surface area (Å²) in [6.07, 6.45) is 3.73. The Hall–Kier alpha value is -2.34. The molecule has 112 valence electrons. The van der Waals surface area contributed by atoms with Crippen molar-refractivity contribution >= 4 is 11.7 Å². The Labute approximate surface area is 124 Å². The van der Waals surface area contributed by atoms with Gasteiger partial charge >= 0.3 is 6.03 Å². The zero-order valence-electron chi connectivity index (χ0n) is 12.5. The van der Waals surface area contributed by atoms with Crippen molar-refractivity contribution in [2.24, 2.45) is 12.8 Å². The minimum atomic E-state index is -0.558. The van der Waals surface area contributed by atoms with Gasteiger partial charge in [-0.2, -0.15) is 0 Å². The number of aryl methyl sites for hydroxylation is 1. The molecule has 4 N–H and O–H groups in total. The van der Waals surface area contributed by atoms with Crippen molar-refractivity contribution < 1.29 is 4.79 Å². The van der Waals surface area contributed by atoms with Crippen molar-refractivity contribution in [3.05, 3.63) is 48.0 Å². The summed E-state index contributed by atoms with van der Waals surface area (Å²) in [6, 6.07) is 7.36. The van der Waals surface area contributed by atoms with E-state index in [1.807, 2.05) is 42.1 Å². The second-order valence-corrected chi connectivity index (χ2v) is 5.12. The number of rotatable bonds is 5. The van der Waals surface area contributed by atoms with Gasteiger partial charge in [-0.05, 0) is 31.5 Å². The highest BCUT2D eigenvalue weighted by atomic mass is 16.2. The summed E-state index contributed by atoms with van der Waals surface area (Å²) in [5, 5.41) is 6.05. The maximum Gasteiger partial charge on any atom is 0.316 e. The lowest BCUT2D eigenvalue weighted by Crippen LogP contribution is -2.24. The van der Waals surface area contributed by atoms with E-state index in [9.17, 15) is 4.79 Å². The first-order chi connectivity index (χ1) is 9.97. The maximum atomic E-state index is 10.8. The molecule has 2 atom stereocenters. The van der Waals surface area contributed by atoms with Gasteiger partial charge in [-0.1, -0.05) is 12.1 Å². The van der Waals surface area contributed by atoms with Crippen LogP contribution in [0.3, 0.4) is 0 Å². The second kappa shape index (κ2) is 6.41. The number of hydrogen-bond acceptors (Lipinski definition) is 3. The largest absolute Gasteiger partial charge is 0.351 e. The first-order valence-electron chi connectivity index (χ1n) is 6.87. The lowest BCUT2D eigenvalue weighted by atomic mass is 10.1. The van der Waals surface area contributed by atoms with Crippen LogP contribution in [0.25, 0.3) is 0 Å². The van der Waals surface area contributed by atoms with E-state index in [0.717, 1.165) is 11.4 Å². The molecule has 0 fully saturated rings. The van der Waals surface area contributed by atoms with Crippen molar-refractivity contribution in [1.29, 1.82) is 0 Å². The second-order valence-electron chi connectivity index (χ2n) is 5.12. The predicted octanol–water partition coefficient (Wildman–Crippen LogP) is 2.32. The summed E-state index contributed by atoms with van der Waals surface area (Å²) in [5.74, 6) is 0.994. The topological polar surface area (TPSA) is 85.0 Å². The number of imidazole rings is 1. The highest BCUT2D eigenvalue weighted by Gasteiger charge is 2.14. The van der Waals surface area contributed by atoms with Gasteiger partial charge in [0.15, 0.2) is 0 Å². The Bertz CT molecular complexity index is 605. The van der Waals surface area contributed by atoms with Crippen LogP contribution in [0, 0.1) is 0 Å². The van der Waals surface area contributed by atoms with Gasteiger partial charge in [-0.15, -0.1) is 0 Å². The molecule has 2 aromatic rings. The van der Waals surface area contributed by atoms with Crippen molar-refractivity contribution in [2.75, 3.05) is 5.32 Å². The van der Waals surface area contributed by atoms with Gasteiger partial charge in [0, 0.05) is 31.2 Å². The van der Waals surface area contributed by atoms with E-state index < -0.39 is 6.03 Å². The first-order valence-corrected chi connectivity index (χ1v) is 6.87. The van der Waals surface area contributed by atoms with E-state index in [-0.39, 0.29) is 12.1 Å². The smallest absolute Gasteiger partial charge is 0.316 e. The van der Waals surface area contributed by atoms with Gasteiger partial charge in [-0.3, -0.25) is 0 Å². The fraction of sp³-hybridized carbons (Fsp3) is 0.333. The van der Waals surface area contributed by atoms with Gasteiger partial charge in [0.1, 0.15) is 5.82 Å². The molecule has 1 aromatic carbocycles. The highest BCUT2D eigenvalue weighted by molar-refractivity contribution is 5.87. The molecule has 0 radical (unpaired) electrons. The van der Waals surface area contributed by atoms with Crippen molar-refractivity contribution in [1.82, 2.24) is 14.9 Å². The van der Waals surface area contributed by atoms with Crippen LogP contribution >= 0.6 is 0 Å². The summed E-state index contributed by atoms with van der Waals surface area (Å²) >= 11 is 0. The van der Waals surface area contributed by atoms with Gasteiger partial charge in [0.05, 0.1) is 6.04 Å². The number of benzene rings is 1. The SMILES string of the molecule is CC(NC(C)c1nccn1C)c1ccc(NC(N)=O)cc1. The van der Waals surface area contributed by atoms with E-state index >= 15 is 0 Å². The van der Waals surface area contributed by atoms with Crippen molar-refractivity contribution in [3.63, 3.8) is 0 Å². The average Bonchev–Trinajstić information content (AvgIpc) is 2.85. The van der Waals surface area contributed by atoms with Gasteiger partial charge in [0.25, 0.3) is 0 Å². The van der Waals surface area contributed by atoms with E-state index in [2.05, 4.69) is 29.5 Å². The molecule has 21 heavy (non-hydrogen) atoms. The van der Waals surface area contributed by atoms with Crippen molar-refractivity contribution in [3.8, 4) is 0 Å². The van der Waals surface area contributed by atoms with Crippen LogP contribution in [0.2, 0.25) is 0 Å². The molecule has 0 bridgehead atoms. The fourth-order valence-electron chi connectivity index (χ4n) is 2.34. The number of aromatic nitrogens is 2. The Morgan fingerprint density at radius 1 is 1.24 bits per heavy atom. The number of primary amides is 1. The Kier molecular flexibility index (Phi) is 4.59. The molecule has 0 aliphatic carbocycles. The van der Waals surface area contributed by atoms with Crippen LogP contribution < -0.4 is 16.4 Å². The average molecular weight is 287 g/mol. The van der Waals surface area contributed by atoms with Crippen LogP contribution in [0.4, 0.5) is 10.5 Å². The third-order valence-electron chi connectivity index (χ3n) is 3.42. The van der Waals surface area contributed by atoms with Crippen LogP contribution in [0.5, 0.6) is 0 Å². The third-order valence-corrected chi connectivity index (χ3v) is 3.42. The molecule has 0 aliphatic heterocycles. The number of carbonyl (C=O) groups is 1. The Morgan fingerprint density at radius 3 is 2.43 bits per heavy atom. The minimum absolute atomic E-state index is 0.142. The van der Waals surface area contributed by atoms with E-state index in [4.69, 9.17) is 5.73 Å². The Morgan fingerprint density at radius 2 is 1.90 bits per heavy atom. The molecule has 1 aromatic heterocycles. The molecule has 0 aliphatic rings. The lowest BCUT2D eigenvalue weighted by Gasteiger charge is -2.20. The van der Waals surface area contributed by atoms with E-state index in [0.29, 0.717) is 5.69 Å². The summed E-state index contributed by atoms with van der Waals surface area (Å²) in [4.78, 5) is 15.1. The quantitative estimate of drug-likeness (QED) is 0.789. The number of urea groups is 1. The number of nitrogens with two attached hydrogens (primary N) is 1. The molecular weight excluding hydrogens is 266 g/mol. The zero-order valence-corrected chi connectivity index (χ0v) is 12.5. The fourth-order valence-corrected chi connectivity index (χ4v) is 2.34. The van der Waals surface area contributed by atoms with Crippen LogP contribution in [0.15, 0.2) is 36.7 Å². The van der Waals surface area contributed by atoms with Gasteiger partial charge < -0.3 is 20.9 Å². The number of anilines is 1. The normalized spacial score (nSPS) is 13.7. The number of hydrogen-bond donors (Lipinski definition) is 3. The molecule has 6 heteroatoms. The van der Waals surface area contributed by atoms with Crippen LogP contribution in [-0.4, -0.2) is 15.6 Å². The summed E-state index contributed by atoms with van der Waals surface area (Å²) in [6.45, 7) is 4.18. The summed E-state index contributed by atoms with van der Waals surface area (Å²) in [5.41, 5.74) is 6.91. The molecule has 2 rings (SSSR count). The van der Waals surface area contributed by atoms with Crippen molar-refractivity contribution in [2.45, 2.75) is 25.9 Å². The van der Waals surface area contributed by atoms with Crippen LogP contribution in [-0.2, 0) is 7.05 Å². The Balaban J connectivity index is 2.01. The van der Waals surface area contributed by atoms with E-state index in [1.165, 1.54) is 0 Å². The third kappa shape index (κ3) is 3.82. The van der Waals surface area contributed by atoms with Crippen LogP contribution in [0.1, 0.15) is 37.3 Å². The molecule has 2 unspecified atom stereocenters. The highest BCUT2D eigenvalue weighted by Crippen LogP contribution is 2.19. The number of nitrogens with zero attached hydrogens (tertiary/aromatic N) is 2. The molecule has 0 saturated heterocycles. The number of carbonyl (C=O) groups excluding carboxylic acids is 1.